The summed E-state index contributed by atoms with van der Waals surface area (Å²) < 4.78 is 0. The molecule has 2 aromatic carbocycles. The minimum atomic E-state index is -0.222. The highest BCUT2D eigenvalue weighted by molar-refractivity contribution is 6.05. The van der Waals surface area contributed by atoms with Gasteiger partial charge in [0.2, 0.25) is 5.91 Å². The second-order valence-electron chi connectivity index (χ2n) is 5.51. The fraction of sp³-hybridized carbons (Fsp3) is 0.167. The number of aryl methyl sites for hydroxylation is 1. The van der Waals surface area contributed by atoms with Crippen LogP contribution in [-0.4, -0.2) is 17.6 Å². The summed E-state index contributed by atoms with van der Waals surface area (Å²) >= 11 is 0. The Morgan fingerprint density at radius 1 is 1.00 bits per heavy atom. The molecule has 0 fully saturated rings. The van der Waals surface area contributed by atoms with Gasteiger partial charge in [0.1, 0.15) is 0 Å². The minimum absolute atomic E-state index is 0.000243. The van der Waals surface area contributed by atoms with Crippen molar-refractivity contribution < 1.29 is 14.4 Å². The lowest BCUT2D eigenvalue weighted by Crippen LogP contribution is -2.20. The van der Waals surface area contributed by atoms with Crippen molar-refractivity contribution in [3.05, 3.63) is 59.2 Å². The zero-order valence-corrected chi connectivity index (χ0v) is 12.7. The van der Waals surface area contributed by atoms with E-state index in [1.54, 1.807) is 42.5 Å². The van der Waals surface area contributed by atoms with E-state index in [9.17, 15) is 14.4 Å². The van der Waals surface area contributed by atoms with Crippen LogP contribution >= 0.6 is 0 Å². The number of rotatable bonds is 3. The number of nitrogens with one attached hydrogen (secondary N) is 2. The number of hydrogen-bond acceptors (Lipinski definition) is 3. The number of fused-ring (bicyclic) bond motifs is 1. The van der Waals surface area contributed by atoms with Crippen molar-refractivity contribution in [2.75, 3.05) is 10.6 Å². The summed E-state index contributed by atoms with van der Waals surface area (Å²) in [5, 5.41) is 5.59. The molecule has 0 spiro atoms. The number of benzene rings is 2. The molecule has 0 aliphatic carbocycles. The molecule has 5 heteroatoms. The molecular weight excluding hydrogens is 292 g/mol. The van der Waals surface area contributed by atoms with Gasteiger partial charge in [0.05, 0.1) is 0 Å². The van der Waals surface area contributed by atoms with Crippen LogP contribution in [0.3, 0.4) is 0 Å². The van der Waals surface area contributed by atoms with Crippen molar-refractivity contribution in [1.29, 1.82) is 0 Å². The van der Waals surface area contributed by atoms with Gasteiger partial charge in [-0.05, 0) is 61.4 Å². The Labute approximate surface area is 133 Å². The van der Waals surface area contributed by atoms with Crippen LogP contribution in [0, 0.1) is 0 Å². The van der Waals surface area contributed by atoms with Gasteiger partial charge in [-0.3, -0.25) is 14.4 Å². The third-order valence-electron chi connectivity index (χ3n) is 3.81. The van der Waals surface area contributed by atoms with Crippen LogP contribution in [0.4, 0.5) is 11.4 Å². The Kier molecular flexibility index (Phi) is 3.93. The summed E-state index contributed by atoms with van der Waals surface area (Å²) in [6.45, 7) is 1.50. The average molecular weight is 308 g/mol. The van der Waals surface area contributed by atoms with E-state index in [-0.39, 0.29) is 17.6 Å². The number of hydrogen-bond donors (Lipinski definition) is 2. The van der Waals surface area contributed by atoms with Gasteiger partial charge in [0, 0.05) is 28.9 Å². The first-order chi connectivity index (χ1) is 11.0. The van der Waals surface area contributed by atoms with Gasteiger partial charge < -0.3 is 10.6 Å². The SMILES string of the molecule is CC(=O)c1ccc(NC(=O)c2ccc3c(c2)CCC(=O)N3)cc1. The molecule has 0 bridgehead atoms. The summed E-state index contributed by atoms with van der Waals surface area (Å²) in [5.74, 6) is -0.236. The van der Waals surface area contributed by atoms with Gasteiger partial charge in [-0.1, -0.05) is 0 Å². The summed E-state index contributed by atoms with van der Waals surface area (Å²) in [7, 11) is 0. The Hall–Kier alpha value is -2.95. The number of Topliss-reactive ketones (excluding diaryl/α,β-unsaturated/α-hetero) is 1. The fourth-order valence-corrected chi connectivity index (χ4v) is 2.52. The molecule has 1 aliphatic rings. The van der Waals surface area contributed by atoms with Crippen LogP contribution in [0.15, 0.2) is 42.5 Å². The van der Waals surface area contributed by atoms with Crippen molar-refractivity contribution in [2.24, 2.45) is 0 Å². The number of carbonyl (C=O) groups excluding carboxylic acids is 3. The minimum Gasteiger partial charge on any atom is -0.326 e. The molecule has 0 aromatic heterocycles. The quantitative estimate of drug-likeness (QED) is 0.856. The van der Waals surface area contributed by atoms with E-state index in [4.69, 9.17) is 0 Å². The van der Waals surface area contributed by atoms with Gasteiger partial charge in [0.25, 0.3) is 5.91 Å². The van der Waals surface area contributed by atoms with Crippen LogP contribution in [-0.2, 0) is 11.2 Å². The van der Waals surface area contributed by atoms with E-state index in [0.717, 1.165) is 11.3 Å². The maximum atomic E-state index is 12.3. The zero-order chi connectivity index (χ0) is 16.4. The molecule has 2 aromatic rings. The second-order valence-corrected chi connectivity index (χ2v) is 5.51. The van der Waals surface area contributed by atoms with E-state index in [0.29, 0.717) is 29.7 Å². The molecule has 1 heterocycles. The van der Waals surface area contributed by atoms with Crippen LogP contribution in [0.5, 0.6) is 0 Å². The van der Waals surface area contributed by atoms with Crippen LogP contribution in [0.2, 0.25) is 0 Å². The predicted octanol–water partition coefficient (Wildman–Crippen LogP) is 3.03. The molecule has 5 nitrogen and oxygen atoms in total. The van der Waals surface area contributed by atoms with Crippen molar-refractivity contribution >= 4 is 29.0 Å². The van der Waals surface area contributed by atoms with Crippen LogP contribution < -0.4 is 10.6 Å². The third-order valence-corrected chi connectivity index (χ3v) is 3.81. The smallest absolute Gasteiger partial charge is 0.255 e. The molecule has 2 amide bonds. The van der Waals surface area contributed by atoms with Gasteiger partial charge >= 0.3 is 0 Å². The molecule has 0 saturated carbocycles. The summed E-state index contributed by atoms with van der Waals surface area (Å²) in [5.41, 5.74) is 3.50. The maximum Gasteiger partial charge on any atom is 0.255 e. The lowest BCUT2D eigenvalue weighted by atomic mass is 10.00. The molecule has 0 radical (unpaired) electrons. The first-order valence-electron chi connectivity index (χ1n) is 7.38. The summed E-state index contributed by atoms with van der Waals surface area (Å²) in [6, 6.07) is 12.0. The Morgan fingerprint density at radius 3 is 2.39 bits per heavy atom. The molecule has 0 saturated heterocycles. The first kappa shape index (κ1) is 15.0. The molecule has 116 valence electrons. The largest absolute Gasteiger partial charge is 0.326 e. The molecule has 23 heavy (non-hydrogen) atoms. The Bertz CT molecular complexity index is 794. The molecule has 3 rings (SSSR count). The Balaban J connectivity index is 1.75. The van der Waals surface area contributed by atoms with E-state index in [1.807, 2.05) is 0 Å². The third kappa shape index (κ3) is 3.29. The highest BCUT2D eigenvalue weighted by atomic mass is 16.2. The van der Waals surface area contributed by atoms with Crippen molar-refractivity contribution in [2.45, 2.75) is 19.8 Å². The number of amides is 2. The average Bonchev–Trinajstić information content (AvgIpc) is 2.54. The van der Waals surface area contributed by atoms with Gasteiger partial charge in [-0.15, -0.1) is 0 Å². The number of ketones is 1. The molecule has 0 atom stereocenters. The molecule has 2 N–H and O–H groups in total. The van der Waals surface area contributed by atoms with E-state index in [2.05, 4.69) is 10.6 Å². The van der Waals surface area contributed by atoms with E-state index >= 15 is 0 Å². The molecule has 0 unspecified atom stereocenters. The number of anilines is 2. The maximum absolute atomic E-state index is 12.3. The monoisotopic (exact) mass is 308 g/mol. The molecular formula is C18H16N2O3. The van der Waals surface area contributed by atoms with E-state index in [1.165, 1.54) is 6.92 Å². The Morgan fingerprint density at radius 2 is 1.70 bits per heavy atom. The molecule has 1 aliphatic heterocycles. The highest BCUT2D eigenvalue weighted by Gasteiger charge is 2.16. The van der Waals surface area contributed by atoms with Gasteiger partial charge in [0.15, 0.2) is 5.78 Å². The normalized spacial score (nSPS) is 13.0. The lowest BCUT2D eigenvalue weighted by molar-refractivity contribution is -0.116. The standard InChI is InChI=1S/C18H16N2O3/c1-11(21)12-2-6-15(7-3-12)19-18(23)14-4-8-16-13(10-14)5-9-17(22)20-16/h2-4,6-8,10H,5,9H2,1H3,(H,19,23)(H,20,22). The summed E-state index contributed by atoms with van der Waals surface area (Å²) in [6.07, 6.45) is 1.07. The highest BCUT2D eigenvalue weighted by Crippen LogP contribution is 2.24. The topological polar surface area (TPSA) is 75.3 Å². The fourth-order valence-electron chi connectivity index (χ4n) is 2.52. The van der Waals surface area contributed by atoms with Crippen LogP contribution in [0.1, 0.15) is 39.6 Å². The van der Waals surface area contributed by atoms with Crippen molar-refractivity contribution in [3.8, 4) is 0 Å². The van der Waals surface area contributed by atoms with Crippen molar-refractivity contribution in [1.82, 2.24) is 0 Å². The first-order valence-corrected chi connectivity index (χ1v) is 7.38. The lowest BCUT2D eigenvalue weighted by Gasteiger charge is -2.17. The van der Waals surface area contributed by atoms with Crippen molar-refractivity contribution in [3.63, 3.8) is 0 Å². The second kappa shape index (κ2) is 6.04. The zero-order valence-electron chi connectivity index (χ0n) is 12.7. The predicted molar refractivity (Wildman–Crippen MR) is 87.8 cm³/mol. The van der Waals surface area contributed by atoms with Gasteiger partial charge in [-0.2, -0.15) is 0 Å². The number of carbonyl (C=O) groups is 3. The van der Waals surface area contributed by atoms with Crippen LogP contribution in [0.25, 0.3) is 0 Å². The summed E-state index contributed by atoms with van der Waals surface area (Å²) in [4.78, 5) is 34.9. The van der Waals surface area contributed by atoms with E-state index < -0.39 is 0 Å². The van der Waals surface area contributed by atoms with Gasteiger partial charge in [-0.25, -0.2) is 0 Å².